The van der Waals surface area contributed by atoms with Crippen molar-refractivity contribution < 1.29 is 14.7 Å². The van der Waals surface area contributed by atoms with E-state index in [-0.39, 0.29) is 17.4 Å². The lowest BCUT2D eigenvalue weighted by Gasteiger charge is -2.20. The normalized spacial score (nSPS) is 18.7. The van der Waals surface area contributed by atoms with Gasteiger partial charge in [0.15, 0.2) is 0 Å². The van der Waals surface area contributed by atoms with Gasteiger partial charge in [-0.25, -0.2) is 4.79 Å². The van der Waals surface area contributed by atoms with Gasteiger partial charge in [-0.3, -0.25) is 4.79 Å². The van der Waals surface area contributed by atoms with Crippen molar-refractivity contribution in [3.05, 3.63) is 23.8 Å². The number of alkyl halides is 1. The molecule has 0 spiro atoms. The molecule has 0 aromatic heterocycles. The molecule has 2 rings (SSSR count). The van der Waals surface area contributed by atoms with E-state index in [9.17, 15) is 9.59 Å². The third-order valence-electron chi connectivity index (χ3n) is 3.23. The Morgan fingerprint density at radius 1 is 1.58 bits per heavy atom. The summed E-state index contributed by atoms with van der Waals surface area (Å²) < 4.78 is 0. The zero-order valence-electron chi connectivity index (χ0n) is 10.5. The number of carboxylic acids is 1. The molecule has 5 nitrogen and oxygen atoms in total. The van der Waals surface area contributed by atoms with Crippen LogP contribution in [0.5, 0.6) is 0 Å². The van der Waals surface area contributed by atoms with Crippen LogP contribution in [0.1, 0.15) is 16.8 Å². The molecule has 102 valence electrons. The first-order valence-electron chi connectivity index (χ1n) is 5.98. The molecule has 1 aromatic carbocycles. The Hall–Kier alpha value is -1.75. The molecular formula is C13H15ClN2O3. The molecule has 2 N–H and O–H groups in total. The fourth-order valence-electron chi connectivity index (χ4n) is 2.22. The highest BCUT2D eigenvalue weighted by Gasteiger charge is 2.31. The van der Waals surface area contributed by atoms with E-state index >= 15 is 0 Å². The SMILES string of the molecule is CNc1ccc(C(=O)O)cc1N1CC(CCl)CC1=O. The highest BCUT2D eigenvalue weighted by molar-refractivity contribution is 6.18. The summed E-state index contributed by atoms with van der Waals surface area (Å²) >= 11 is 5.79. The number of hydrogen-bond donors (Lipinski definition) is 2. The summed E-state index contributed by atoms with van der Waals surface area (Å²) in [7, 11) is 1.73. The van der Waals surface area contributed by atoms with Crippen molar-refractivity contribution in [2.24, 2.45) is 5.92 Å². The number of carboxylic acid groups (broad SMARTS) is 1. The lowest BCUT2D eigenvalue weighted by Crippen LogP contribution is -2.26. The van der Waals surface area contributed by atoms with Crippen molar-refractivity contribution in [1.82, 2.24) is 0 Å². The van der Waals surface area contributed by atoms with Crippen molar-refractivity contribution >= 4 is 34.9 Å². The number of nitrogens with zero attached hydrogens (tertiary/aromatic N) is 1. The molecule has 0 saturated carbocycles. The number of nitrogens with one attached hydrogen (secondary N) is 1. The van der Waals surface area contributed by atoms with Crippen LogP contribution in [0.2, 0.25) is 0 Å². The quantitative estimate of drug-likeness (QED) is 0.829. The molecule has 1 amide bonds. The van der Waals surface area contributed by atoms with Crippen LogP contribution in [0.3, 0.4) is 0 Å². The van der Waals surface area contributed by atoms with Crippen molar-refractivity contribution in [2.75, 3.05) is 29.7 Å². The van der Waals surface area contributed by atoms with E-state index in [1.165, 1.54) is 12.1 Å². The van der Waals surface area contributed by atoms with Crippen LogP contribution in [-0.2, 0) is 4.79 Å². The highest BCUT2D eigenvalue weighted by Crippen LogP contribution is 2.32. The van der Waals surface area contributed by atoms with E-state index in [2.05, 4.69) is 5.32 Å². The minimum Gasteiger partial charge on any atom is -0.478 e. The number of rotatable bonds is 4. The molecule has 1 unspecified atom stereocenters. The number of halogens is 1. The summed E-state index contributed by atoms with van der Waals surface area (Å²) in [6, 6.07) is 4.69. The zero-order chi connectivity index (χ0) is 14.0. The molecule has 1 aliphatic rings. The summed E-state index contributed by atoms with van der Waals surface area (Å²) in [5.41, 5.74) is 1.49. The monoisotopic (exact) mass is 282 g/mol. The van der Waals surface area contributed by atoms with E-state index < -0.39 is 5.97 Å². The molecule has 0 bridgehead atoms. The Morgan fingerprint density at radius 2 is 2.32 bits per heavy atom. The molecular weight excluding hydrogens is 268 g/mol. The topological polar surface area (TPSA) is 69.6 Å². The predicted octanol–water partition coefficient (Wildman–Crippen LogP) is 2.02. The summed E-state index contributed by atoms with van der Waals surface area (Å²) in [6.07, 6.45) is 0.407. The number of benzene rings is 1. The minimum atomic E-state index is -1.01. The number of amides is 1. The third kappa shape index (κ3) is 2.66. The highest BCUT2D eigenvalue weighted by atomic mass is 35.5. The molecule has 1 saturated heterocycles. The van der Waals surface area contributed by atoms with E-state index in [4.69, 9.17) is 16.7 Å². The summed E-state index contributed by atoms with van der Waals surface area (Å²) in [4.78, 5) is 24.6. The van der Waals surface area contributed by atoms with Crippen LogP contribution in [0.4, 0.5) is 11.4 Å². The molecule has 6 heteroatoms. The Kier molecular flexibility index (Phi) is 3.95. The van der Waals surface area contributed by atoms with Crippen molar-refractivity contribution in [2.45, 2.75) is 6.42 Å². The largest absolute Gasteiger partial charge is 0.478 e. The maximum absolute atomic E-state index is 12.0. The fraction of sp³-hybridized carbons (Fsp3) is 0.385. The van der Waals surface area contributed by atoms with Gasteiger partial charge in [0.1, 0.15) is 0 Å². The molecule has 1 aliphatic heterocycles. The molecule has 1 fully saturated rings. The van der Waals surface area contributed by atoms with Crippen LogP contribution in [-0.4, -0.2) is 36.5 Å². The van der Waals surface area contributed by atoms with Gasteiger partial charge < -0.3 is 15.3 Å². The van der Waals surface area contributed by atoms with E-state index in [1.54, 1.807) is 18.0 Å². The maximum atomic E-state index is 12.0. The van der Waals surface area contributed by atoms with Crippen LogP contribution < -0.4 is 10.2 Å². The molecule has 0 radical (unpaired) electrons. The number of hydrogen-bond acceptors (Lipinski definition) is 3. The fourth-order valence-corrected chi connectivity index (χ4v) is 2.42. The second-order valence-corrected chi connectivity index (χ2v) is 4.82. The summed E-state index contributed by atoms with van der Waals surface area (Å²) in [5, 5.41) is 12.0. The van der Waals surface area contributed by atoms with E-state index in [0.29, 0.717) is 24.5 Å². The van der Waals surface area contributed by atoms with Gasteiger partial charge in [0, 0.05) is 25.9 Å². The first kappa shape index (κ1) is 13.7. The number of carbonyl (C=O) groups is 2. The summed E-state index contributed by atoms with van der Waals surface area (Å²) in [5.74, 6) is -0.489. The van der Waals surface area contributed by atoms with Gasteiger partial charge in [-0.15, -0.1) is 11.6 Å². The number of aromatic carboxylic acids is 1. The Bertz CT molecular complexity index is 519. The van der Waals surface area contributed by atoms with Gasteiger partial charge in [-0.2, -0.15) is 0 Å². The van der Waals surface area contributed by atoms with Gasteiger partial charge in [0.25, 0.3) is 0 Å². The van der Waals surface area contributed by atoms with Gasteiger partial charge in [-0.1, -0.05) is 0 Å². The molecule has 1 aromatic rings. The maximum Gasteiger partial charge on any atom is 0.335 e. The number of anilines is 2. The molecule has 19 heavy (non-hydrogen) atoms. The van der Waals surface area contributed by atoms with E-state index in [1.807, 2.05) is 0 Å². The molecule has 0 aliphatic carbocycles. The average molecular weight is 283 g/mol. The van der Waals surface area contributed by atoms with Crippen LogP contribution >= 0.6 is 11.6 Å². The average Bonchev–Trinajstić information content (AvgIpc) is 2.79. The lowest BCUT2D eigenvalue weighted by molar-refractivity contribution is -0.117. The van der Waals surface area contributed by atoms with Crippen molar-refractivity contribution in [3.63, 3.8) is 0 Å². The van der Waals surface area contributed by atoms with Crippen molar-refractivity contribution in [1.29, 1.82) is 0 Å². The van der Waals surface area contributed by atoms with Gasteiger partial charge in [0.05, 0.1) is 16.9 Å². The van der Waals surface area contributed by atoms with Crippen LogP contribution in [0, 0.1) is 5.92 Å². The van der Waals surface area contributed by atoms with E-state index in [0.717, 1.165) is 5.69 Å². The molecule has 1 atom stereocenters. The smallest absolute Gasteiger partial charge is 0.335 e. The minimum absolute atomic E-state index is 0.0234. The molecule has 1 heterocycles. The second kappa shape index (κ2) is 5.48. The second-order valence-electron chi connectivity index (χ2n) is 4.52. The Labute approximate surface area is 116 Å². The Morgan fingerprint density at radius 3 is 2.84 bits per heavy atom. The van der Waals surface area contributed by atoms with Crippen LogP contribution in [0.25, 0.3) is 0 Å². The van der Waals surface area contributed by atoms with Gasteiger partial charge in [0.2, 0.25) is 5.91 Å². The lowest BCUT2D eigenvalue weighted by atomic mass is 10.1. The number of carbonyl (C=O) groups excluding carboxylic acids is 1. The van der Waals surface area contributed by atoms with Gasteiger partial charge in [-0.05, 0) is 24.1 Å². The van der Waals surface area contributed by atoms with Crippen molar-refractivity contribution in [3.8, 4) is 0 Å². The summed E-state index contributed by atoms with van der Waals surface area (Å²) in [6.45, 7) is 0.528. The standard InChI is InChI=1S/C13H15ClN2O3/c1-15-10-3-2-9(13(18)19)5-11(10)16-7-8(6-14)4-12(16)17/h2-3,5,8,15H,4,6-7H2,1H3,(H,18,19). The predicted molar refractivity (Wildman–Crippen MR) is 74.1 cm³/mol. The zero-order valence-corrected chi connectivity index (χ0v) is 11.3. The first-order valence-corrected chi connectivity index (χ1v) is 6.51. The Balaban J connectivity index is 2.39. The van der Waals surface area contributed by atoms with Crippen LogP contribution in [0.15, 0.2) is 18.2 Å². The first-order chi connectivity index (χ1) is 9.06. The third-order valence-corrected chi connectivity index (χ3v) is 3.66. The van der Waals surface area contributed by atoms with Gasteiger partial charge >= 0.3 is 5.97 Å².